The highest BCUT2D eigenvalue weighted by atomic mass is 16.3. The molecule has 2 heterocycles. The fourth-order valence-electron chi connectivity index (χ4n) is 3.25. The summed E-state index contributed by atoms with van der Waals surface area (Å²) in [6, 6.07) is 12.9. The van der Waals surface area contributed by atoms with Crippen LogP contribution in [0.15, 0.2) is 53.1 Å². The van der Waals surface area contributed by atoms with Crippen molar-refractivity contribution in [2.45, 2.75) is 31.8 Å². The molecule has 0 saturated carbocycles. The maximum absolute atomic E-state index is 12.2. The van der Waals surface area contributed by atoms with E-state index in [1.807, 2.05) is 36.4 Å². The minimum Gasteiger partial charge on any atom is -0.467 e. The highest BCUT2D eigenvalue weighted by Gasteiger charge is 2.24. The van der Waals surface area contributed by atoms with Gasteiger partial charge in [-0.2, -0.15) is 0 Å². The summed E-state index contributed by atoms with van der Waals surface area (Å²) in [6.07, 6.45) is 4.74. The van der Waals surface area contributed by atoms with Crippen LogP contribution in [0, 0.1) is 0 Å². The lowest BCUT2D eigenvalue weighted by molar-refractivity contribution is -0.123. The van der Waals surface area contributed by atoms with Gasteiger partial charge in [0.2, 0.25) is 5.91 Å². The minimum atomic E-state index is -0.228. The molecule has 3 amide bonds. The highest BCUT2D eigenvalue weighted by Crippen LogP contribution is 2.16. The molecule has 1 aromatic heterocycles. The van der Waals surface area contributed by atoms with E-state index >= 15 is 0 Å². The van der Waals surface area contributed by atoms with E-state index in [-0.39, 0.29) is 18.0 Å². The summed E-state index contributed by atoms with van der Waals surface area (Å²) in [4.78, 5) is 26.5. The number of piperidine rings is 1. The van der Waals surface area contributed by atoms with E-state index in [1.165, 1.54) is 0 Å². The molecule has 0 unspecified atom stereocenters. The maximum Gasteiger partial charge on any atom is 0.319 e. The van der Waals surface area contributed by atoms with Crippen molar-refractivity contribution in [2.24, 2.45) is 0 Å². The van der Waals surface area contributed by atoms with Crippen LogP contribution in [-0.2, 0) is 11.3 Å². The van der Waals surface area contributed by atoms with Crippen molar-refractivity contribution in [3.05, 3.63) is 54.5 Å². The number of hydrogen-bond donors (Lipinski definition) is 3. The average molecular weight is 370 g/mol. The van der Waals surface area contributed by atoms with E-state index < -0.39 is 0 Å². The number of nitrogens with one attached hydrogen (secondary N) is 3. The number of nitrogens with zero attached hydrogens (tertiary/aromatic N) is 1. The van der Waals surface area contributed by atoms with Gasteiger partial charge in [0.25, 0.3) is 0 Å². The number of carbonyl (C=O) groups excluding carboxylic acids is 2. The second kappa shape index (κ2) is 9.78. The lowest BCUT2D eigenvalue weighted by Crippen LogP contribution is -2.50. The Morgan fingerprint density at radius 3 is 2.70 bits per heavy atom. The Balaban J connectivity index is 1.43. The number of para-hydroxylation sites is 1. The third kappa shape index (κ3) is 6.14. The van der Waals surface area contributed by atoms with Crippen molar-refractivity contribution in [3.63, 3.8) is 0 Å². The van der Waals surface area contributed by atoms with Gasteiger partial charge in [0.1, 0.15) is 5.76 Å². The second-order valence-corrected chi connectivity index (χ2v) is 6.68. The number of benzene rings is 1. The zero-order valence-corrected chi connectivity index (χ0v) is 15.3. The lowest BCUT2D eigenvalue weighted by atomic mass is 10.0. The normalized spacial score (nSPS) is 17.3. The lowest BCUT2D eigenvalue weighted by Gasteiger charge is -2.35. The van der Waals surface area contributed by atoms with Crippen LogP contribution in [0.3, 0.4) is 0 Å². The number of rotatable bonds is 7. The zero-order chi connectivity index (χ0) is 18.9. The van der Waals surface area contributed by atoms with E-state index in [1.54, 1.807) is 12.3 Å². The van der Waals surface area contributed by atoms with Gasteiger partial charge in [-0.05, 0) is 43.7 Å². The van der Waals surface area contributed by atoms with E-state index in [4.69, 9.17) is 4.42 Å². The Morgan fingerprint density at radius 1 is 1.07 bits per heavy atom. The molecule has 0 spiro atoms. The molecule has 1 fully saturated rings. The van der Waals surface area contributed by atoms with Crippen LogP contribution < -0.4 is 16.0 Å². The first kappa shape index (κ1) is 19.0. The number of anilines is 1. The summed E-state index contributed by atoms with van der Waals surface area (Å²) in [7, 11) is 0. The molecule has 1 atom stereocenters. The van der Waals surface area contributed by atoms with Gasteiger partial charge in [-0.25, -0.2) is 4.79 Å². The predicted octanol–water partition coefficient (Wildman–Crippen LogP) is 2.57. The topological polar surface area (TPSA) is 86.6 Å². The average Bonchev–Trinajstić information content (AvgIpc) is 3.20. The standard InChI is InChI=1S/C20H26N4O3/c25-19(21-14-18-10-6-12-27-18)15-24-11-5-4-9-17(24)13-22-20(26)23-16-7-2-1-3-8-16/h1-3,6-8,10,12,17H,4-5,9,11,13-15H2,(H,21,25)(H2,22,23,26)/t17-/m0/s1. The molecule has 0 aliphatic carbocycles. The summed E-state index contributed by atoms with van der Waals surface area (Å²) in [5.41, 5.74) is 0.757. The van der Waals surface area contributed by atoms with Gasteiger partial charge in [0.15, 0.2) is 0 Å². The second-order valence-electron chi connectivity index (χ2n) is 6.68. The first-order valence-electron chi connectivity index (χ1n) is 9.34. The molecule has 3 N–H and O–H groups in total. The summed E-state index contributed by atoms with van der Waals surface area (Å²) in [5, 5.41) is 8.61. The first-order valence-corrected chi connectivity index (χ1v) is 9.34. The van der Waals surface area contributed by atoms with Crippen LogP contribution in [0.25, 0.3) is 0 Å². The number of carbonyl (C=O) groups is 2. The van der Waals surface area contributed by atoms with E-state index in [9.17, 15) is 9.59 Å². The Bertz CT molecular complexity index is 718. The van der Waals surface area contributed by atoms with Crippen LogP contribution in [0.2, 0.25) is 0 Å². The number of hydrogen-bond acceptors (Lipinski definition) is 4. The molecule has 1 aliphatic rings. The molecule has 144 valence electrons. The van der Waals surface area contributed by atoms with E-state index in [0.29, 0.717) is 19.6 Å². The Labute approximate surface area is 159 Å². The Kier molecular flexibility index (Phi) is 6.87. The van der Waals surface area contributed by atoms with Crippen LogP contribution >= 0.6 is 0 Å². The molecular weight excluding hydrogens is 344 g/mol. The highest BCUT2D eigenvalue weighted by molar-refractivity contribution is 5.89. The summed E-state index contributed by atoms with van der Waals surface area (Å²) >= 11 is 0. The summed E-state index contributed by atoms with van der Waals surface area (Å²) in [6.45, 7) is 2.10. The van der Waals surface area contributed by atoms with Gasteiger partial charge in [-0.1, -0.05) is 24.6 Å². The largest absolute Gasteiger partial charge is 0.467 e. The molecule has 1 aliphatic heterocycles. The van der Waals surface area contributed by atoms with Gasteiger partial charge < -0.3 is 20.4 Å². The van der Waals surface area contributed by atoms with E-state index in [2.05, 4.69) is 20.9 Å². The third-order valence-electron chi connectivity index (χ3n) is 4.67. The molecule has 2 aromatic rings. The van der Waals surface area contributed by atoms with Crippen LogP contribution in [0.1, 0.15) is 25.0 Å². The Morgan fingerprint density at radius 2 is 1.93 bits per heavy atom. The van der Waals surface area contributed by atoms with Gasteiger partial charge in [0.05, 0.1) is 19.4 Å². The van der Waals surface area contributed by atoms with Gasteiger partial charge >= 0.3 is 6.03 Å². The SMILES string of the molecule is O=C(CN1CCCC[C@H]1CNC(=O)Nc1ccccc1)NCc1ccco1. The van der Waals surface area contributed by atoms with Crippen molar-refractivity contribution >= 4 is 17.6 Å². The van der Waals surface area contributed by atoms with Crippen LogP contribution in [-0.4, -0.2) is 42.5 Å². The fourth-order valence-corrected chi connectivity index (χ4v) is 3.25. The molecule has 7 heteroatoms. The molecule has 0 bridgehead atoms. The number of amides is 3. The van der Waals surface area contributed by atoms with Crippen molar-refractivity contribution in [3.8, 4) is 0 Å². The summed E-state index contributed by atoms with van der Waals surface area (Å²) in [5.74, 6) is 0.699. The van der Waals surface area contributed by atoms with Crippen LogP contribution in [0.4, 0.5) is 10.5 Å². The molecule has 7 nitrogen and oxygen atoms in total. The van der Waals surface area contributed by atoms with Crippen LogP contribution in [0.5, 0.6) is 0 Å². The molecule has 1 aromatic carbocycles. The first-order chi connectivity index (χ1) is 13.2. The van der Waals surface area contributed by atoms with E-state index in [0.717, 1.165) is 37.3 Å². The number of urea groups is 1. The Hall–Kier alpha value is -2.80. The number of furan rings is 1. The molecule has 27 heavy (non-hydrogen) atoms. The van der Waals surface area contributed by atoms with Crippen molar-refractivity contribution in [1.82, 2.24) is 15.5 Å². The smallest absolute Gasteiger partial charge is 0.319 e. The minimum absolute atomic E-state index is 0.0352. The monoisotopic (exact) mass is 370 g/mol. The maximum atomic E-state index is 12.2. The fraction of sp³-hybridized carbons (Fsp3) is 0.400. The quantitative estimate of drug-likeness (QED) is 0.699. The van der Waals surface area contributed by atoms with Gasteiger partial charge in [-0.15, -0.1) is 0 Å². The predicted molar refractivity (Wildman–Crippen MR) is 103 cm³/mol. The number of likely N-dealkylation sites (tertiary alicyclic amines) is 1. The zero-order valence-electron chi connectivity index (χ0n) is 15.3. The van der Waals surface area contributed by atoms with Gasteiger partial charge in [-0.3, -0.25) is 9.69 Å². The molecular formula is C20H26N4O3. The van der Waals surface area contributed by atoms with Gasteiger partial charge in [0, 0.05) is 18.3 Å². The molecule has 0 radical (unpaired) electrons. The van der Waals surface area contributed by atoms with Crippen molar-refractivity contribution < 1.29 is 14.0 Å². The molecule has 3 rings (SSSR count). The summed E-state index contributed by atoms with van der Waals surface area (Å²) < 4.78 is 5.23. The molecule has 1 saturated heterocycles. The van der Waals surface area contributed by atoms with Crippen molar-refractivity contribution in [2.75, 3.05) is 25.0 Å². The third-order valence-corrected chi connectivity index (χ3v) is 4.67. The van der Waals surface area contributed by atoms with Crippen molar-refractivity contribution in [1.29, 1.82) is 0 Å².